The van der Waals surface area contributed by atoms with Crippen molar-refractivity contribution in [3.05, 3.63) is 53.7 Å². The first kappa shape index (κ1) is 19.1. The minimum absolute atomic E-state index is 0.0466. The van der Waals surface area contributed by atoms with Crippen molar-refractivity contribution < 1.29 is 9.53 Å². The van der Waals surface area contributed by atoms with Gasteiger partial charge in [-0.1, -0.05) is 18.2 Å². The molecule has 2 fully saturated rings. The lowest BCUT2D eigenvalue weighted by molar-refractivity contribution is 0.0169. The lowest BCUT2D eigenvalue weighted by atomic mass is 10.1. The molecule has 0 spiro atoms. The fourth-order valence-corrected chi connectivity index (χ4v) is 3.96. The molecule has 0 saturated carbocycles. The van der Waals surface area contributed by atoms with Crippen molar-refractivity contribution in [3.63, 3.8) is 0 Å². The van der Waals surface area contributed by atoms with Gasteiger partial charge in [0.25, 0.3) is 5.91 Å². The molecule has 0 aliphatic carbocycles. The topological polar surface area (TPSA) is 54.5 Å². The standard InChI is InChI=1S/C23H29N3O2/c27-23(25-16-21-5-1-4-14-28-21)20-9-7-19(8-10-20)22-11-6-18(15-24-22)17-26-12-2-3-13-26/h6-11,15,21H,1-5,12-14,16-17H2,(H,25,27)/t21-/m1/s1. The van der Waals surface area contributed by atoms with Gasteiger partial charge in [0.1, 0.15) is 0 Å². The van der Waals surface area contributed by atoms with Gasteiger partial charge in [-0.05, 0) is 69.0 Å². The Bertz CT molecular complexity index is 761. The largest absolute Gasteiger partial charge is 0.376 e. The maximum absolute atomic E-state index is 12.4. The molecule has 5 nitrogen and oxygen atoms in total. The zero-order valence-electron chi connectivity index (χ0n) is 16.4. The predicted molar refractivity (Wildman–Crippen MR) is 110 cm³/mol. The summed E-state index contributed by atoms with van der Waals surface area (Å²) in [4.78, 5) is 19.5. The third-order valence-corrected chi connectivity index (χ3v) is 5.64. The van der Waals surface area contributed by atoms with E-state index in [4.69, 9.17) is 4.74 Å². The van der Waals surface area contributed by atoms with Crippen LogP contribution in [0.2, 0.25) is 0 Å². The smallest absolute Gasteiger partial charge is 0.251 e. The number of carbonyl (C=O) groups is 1. The van der Waals surface area contributed by atoms with E-state index in [1.807, 2.05) is 30.5 Å². The molecule has 2 aliphatic heterocycles. The summed E-state index contributed by atoms with van der Waals surface area (Å²) in [5, 5.41) is 2.99. The first-order valence-electron chi connectivity index (χ1n) is 10.5. The van der Waals surface area contributed by atoms with Crippen molar-refractivity contribution in [2.24, 2.45) is 0 Å². The van der Waals surface area contributed by atoms with Gasteiger partial charge < -0.3 is 10.1 Å². The van der Waals surface area contributed by atoms with E-state index in [-0.39, 0.29) is 12.0 Å². The lowest BCUT2D eigenvalue weighted by Crippen LogP contribution is -2.35. The van der Waals surface area contributed by atoms with Crippen molar-refractivity contribution >= 4 is 5.91 Å². The Kier molecular flexibility index (Phi) is 6.34. The SMILES string of the molecule is O=C(NC[C@H]1CCCCO1)c1ccc(-c2ccc(CN3CCCC3)cn2)cc1. The van der Waals surface area contributed by atoms with E-state index in [2.05, 4.69) is 27.3 Å². The van der Waals surface area contributed by atoms with E-state index in [9.17, 15) is 4.79 Å². The van der Waals surface area contributed by atoms with Crippen LogP contribution in [0.4, 0.5) is 0 Å². The molecule has 1 aromatic heterocycles. The lowest BCUT2D eigenvalue weighted by Gasteiger charge is -2.22. The summed E-state index contributed by atoms with van der Waals surface area (Å²) in [5.41, 5.74) is 3.89. The number of aromatic nitrogens is 1. The number of likely N-dealkylation sites (tertiary alicyclic amines) is 1. The molecule has 0 bridgehead atoms. The fraction of sp³-hybridized carbons (Fsp3) is 0.478. The van der Waals surface area contributed by atoms with Gasteiger partial charge in [0.05, 0.1) is 11.8 Å². The quantitative estimate of drug-likeness (QED) is 0.833. The summed E-state index contributed by atoms with van der Waals surface area (Å²) >= 11 is 0. The van der Waals surface area contributed by atoms with Gasteiger partial charge in [-0.2, -0.15) is 0 Å². The van der Waals surface area contributed by atoms with Crippen LogP contribution in [0.5, 0.6) is 0 Å². The van der Waals surface area contributed by atoms with Crippen LogP contribution >= 0.6 is 0 Å². The van der Waals surface area contributed by atoms with Gasteiger partial charge >= 0.3 is 0 Å². The van der Waals surface area contributed by atoms with Gasteiger partial charge in [0, 0.05) is 37.0 Å². The summed E-state index contributed by atoms with van der Waals surface area (Å²) in [7, 11) is 0. The Morgan fingerprint density at radius 3 is 2.57 bits per heavy atom. The van der Waals surface area contributed by atoms with Gasteiger partial charge in [0.2, 0.25) is 0 Å². The van der Waals surface area contributed by atoms with Crippen molar-refractivity contribution in [1.29, 1.82) is 0 Å². The number of hydrogen-bond donors (Lipinski definition) is 1. The normalized spacial score (nSPS) is 20.2. The van der Waals surface area contributed by atoms with Gasteiger partial charge in [-0.25, -0.2) is 0 Å². The van der Waals surface area contributed by atoms with E-state index < -0.39 is 0 Å². The second-order valence-electron chi connectivity index (χ2n) is 7.81. The number of amides is 1. The number of benzene rings is 1. The van der Waals surface area contributed by atoms with Crippen LogP contribution in [0.3, 0.4) is 0 Å². The first-order valence-corrected chi connectivity index (χ1v) is 10.5. The molecular formula is C23H29N3O2. The highest BCUT2D eigenvalue weighted by Gasteiger charge is 2.15. The average Bonchev–Trinajstić information content (AvgIpc) is 3.26. The molecule has 0 radical (unpaired) electrons. The van der Waals surface area contributed by atoms with Crippen molar-refractivity contribution in [2.45, 2.75) is 44.8 Å². The minimum atomic E-state index is -0.0466. The molecule has 2 aliphatic rings. The summed E-state index contributed by atoms with van der Waals surface area (Å²) in [6.07, 6.45) is 8.06. The fourth-order valence-electron chi connectivity index (χ4n) is 3.96. The second-order valence-corrected chi connectivity index (χ2v) is 7.81. The number of pyridine rings is 1. The Morgan fingerprint density at radius 2 is 1.89 bits per heavy atom. The highest BCUT2D eigenvalue weighted by atomic mass is 16.5. The highest BCUT2D eigenvalue weighted by molar-refractivity contribution is 5.94. The molecule has 2 saturated heterocycles. The summed E-state index contributed by atoms with van der Waals surface area (Å²) in [6.45, 7) is 4.76. The third kappa shape index (κ3) is 4.97. The molecule has 28 heavy (non-hydrogen) atoms. The van der Waals surface area contributed by atoms with E-state index in [0.717, 1.165) is 37.3 Å². The zero-order chi connectivity index (χ0) is 19.2. The maximum atomic E-state index is 12.4. The number of carbonyl (C=O) groups excluding carboxylic acids is 1. The maximum Gasteiger partial charge on any atom is 0.251 e. The van der Waals surface area contributed by atoms with Crippen LogP contribution in [-0.4, -0.2) is 48.1 Å². The van der Waals surface area contributed by atoms with E-state index in [1.54, 1.807) is 0 Å². The summed E-state index contributed by atoms with van der Waals surface area (Å²) in [5.74, 6) is -0.0466. The van der Waals surface area contributed by atoms with Crippen LogP contribution < -0.4 is 5.32 Å². The molecule has 2 aromatic rings. The molecule has 3 heterocycles. The molecule has 4 rings (SSSR count). The molecular weight excluding hydrogens is 350 g/mol. The Balaban J connectivity index is 1.32. The average molecular weight is 380 g/mol. The van der Waals surface area contributed by atoms with Gasteiger partial charge in [0.15, 0.2) is 0 Å². The summed E-state index contributed by atoms with van der Waals surface area (Å²) in [6, 6.07) is 11.9. The zero-order valence-corrected chi connectivity index (χ0v) is 16.4. The molecule has 148 valence electrons. The van der Waals surface area contributed by atoms with Crippen LogP contribution in [0, 0.1) is 0 Å². The van der Waals surface area contributed by atoms with Crippen molar-refractivity contribution in [2.75, 3.05) is 26.2 Å². The minimum Gasteiger partial charge on any atom is -0.376 e. The Hall–Kier alpha value is -2.24. The number of ether oxygens (including phenoxy) is 1. The molecule has 1 atom stereocenters. The predicted octanol–water partition coefficient (Wildman–Crippen LogP) is 3.64. The van der Waals surface area contributed by atoms with Gasteiger partial charge in [-0.15, -0.1) is 0 Å². The number of hydrogen-bond acceptors (Lipinski definition) is 4. The van der Waals surface area contributed by atoms with Crippen LogP contribution in [0.15, 0.2) is 42.6 Å². The Morgan fingerprint density at radius 1 is 1.07 bits per heavy atom. The molecule has 1 N–H and O–H groups in total. The Labute approximate surface area is 167 Å². The van der Waals surface area contributed by atoms with Crippen LogP contribution in [-0.2, 0) is 11.3 Å². The van der Waals surface area contributed by atoms with Crippen molar-refractivity contribution in [1.82, 2.24) is 15.2 Å². The first-order chi connectivity index (χ1) is 13.8. The second kappa shape index (κ2) is 9.30. The highest BCUT2D eigenvalue weighted by Crippen LogP contribution is 2.19. The molecule has 1 aromatic carbocycles. The number of nitrogens with zero attached hydrogens (tertiary/aromatic N) is 2. The molecule has 0 unspecified atom stereocenters. The van der Waals surface area contributed by atoms with E-state index >= 15 is 0 Å². The van der Waals surface area contributed by atoms with E-state index in [0.29, 0.717) is 12.1 Å². The van der Waals surface area contributed by atoms with Crippen LogP contribution in [0.1, 0.15) is 48.0 Å². The number of rotatable bonds is 6. The molecule has 5 heteroatoms. The van der Waals surface area contributed by atoms with Crippen LogP contribution in [0.25, 0.3) is 11.3 Å². The molecule has 1 amide bonds. The van der Waals surface area contributed by atoms with E-state index in [1.165, 1.54) is 37.9 Å². The van der Waals surface area contributed by atoms with Gasteiger partial charge in [-0.3, -0.25) is 14.7 Å². The third-order valence-electron chi connectivity index (χ3n) is 5.64. The number of nitrogens with one attached hydrogen (secondary N) is 1. The summed E-state index contributed by atoms with van der Waals surface area (Å²) < 4.78 is 5.67. The van der Waals surface area contributed by atoms with Crippen molar-refractivity contribution in [3.8, 4) is 11.3 Å². The monoisotopic (exact) mass is 379 g/mol.